The summed E-state index contributed by atoms with van der Waals surface area (Å²) in [7, 11) is 0. The molecule has 2 N–H and O–H groups in total. The quantitative estimate of drug-likeness (QED) is 0.421. The Morgan fingerprint density at radius 3 is 2.64 bits per heavy atom. The summed E-state index contributed by atoms with van der Waals surface area (Å²) in [6.07, 6.45) is 5.11. The normalized spacial score (nSPS) is 24.3. The average molecular weight is 389 g/mol. The van der Waals surface area contributed by atoms with Gasteiger partial charge in [0, 0.05) is 18.2 Å². The minimum Gasteiger partial charge on any atom is -0.452 e. The highest BCUT2D eigenvalue weighted by atomic mass is 16.6. The van der Waals surface area contributed by atoms with Crippen LogP contribution in [0, 0.1) is 22.0 Å². The van der Waals surface area contributed by atoms with Crippen LogP contribution in [0.3, 0.4) is 0 Å². The first-order valence-corrected chi connectivity index (χ1v) is 9.86. The molecule has 8 heteroatoms. The van der Waals surface area contributed by atoms with Gasteiger partial charge in [0.05, 0.1) is 10.5 Å². The first-order valence-electron chi connectivity index (χ1n) is 9.86. The lowest BCUT2D eigenvalue weighted by molar-refractivity contribution is -0.384. The number of nitro groups is 1. The van der Waals surface area contributed by atoms with E-state index in [1.807, 2.05) is 0 Å². The molecule has 0 saturated heterocycles. The number of carbonyl (C=O) groups excluding carboxylic acids is 2. The molecule has 1 aromatic rings. The molecule has 2 fully saturated rings. The number of nitro benzene ring substituents is 1. The molecular formula is C20H27N3O5. The van der Waals surface area contributed by atoms with E-state index in [9.17, 15) is 19.7 Å². The molecule has 3 atom stereocenters. The van der Waals surface area contributed by atoms with Crippen molar-refractivity contribution in [3.05, 3.63) is 33.9 Å². The number of hydrogen-bond donors (Lipinski definition) is 2. The Morgan fingerprint density at radius 2 is 1.96 bits per heavy atom. The van der Waals surface area contributed by atoms with Crippen LogP contribution in [0.4, 0.5) is 11.4 Å². The summed E-state index contributed by atoms with van der Waals surface area (Å²) in [4.78, 5) is 35.1. The van der Waals surface area contributed by atoms with E-state index in [1.54, 1.807) is 0 Å². The maximum atomic E-state index is 12.2. The van der Waals surface area contributed by atoms with Crippen molar-refractivity contribution >= 4 is 23.3 Å². The number of ether oxygens (including phenoxy) is 1. The molecule has 0 aliphatic heterocycles. The van der Waals surface area contributed by atoms with Crippen LogP contribution < -0.4 is 10.6 Å². The molecule has 0 radical (unpaired) electrons. The maximum Gasteiger partial charge on any atom is 0.338 e. The van der Waals surface area contributed by atoms with Crippen LogP contribution in [0.25, 0.3) is 0 Å². The van der Waals surface area contributed by atoms with Crippen molar-refractivity contribution in [3.8, 4) is 0 Å². The third-order valence-corrected chi connectivity index (χ3v) is 5.75. The van der Waals surface area contributed by atoms with Crippen LogP contribution in [0.2, 0.25) is 0 Å². The fourth-order valence-electron chi connectivity index (χ4n) is 3.63. The maximum absolute atomic E-state index is 12.2. The number of hydrogen-bond acceptors (Lipinski definition) is 6. The molecule has 0 aromatic heterocycles. The van der Waals surface area contributed by atoms with Crippen LogP contribution in [0.5, 0.6) is 0 Å². The van der Waals surface area contributed by atoms with E-state index in [4.69, 9.17) is 4.74 Å². The molecule has 0 heterocycles. The van der Waals surface area contributed by atoms with Crippen LogP contribution in [-0.2, 0) is 9.53 Å². The second-order valence-electron chi connectivity index (χ2n) is 7.93. The molecule has 1 aromatic carbocycles. The number of anilines is 1. The van der Waals surface area contributed by atoms with E-state index < -0.39 is 17.5 Å². The van der Waals surface area contributed by atoms with E-state index in [-0.39, 0.29) is 29.2 Å². The third kappa shape index (κ3) is 4.99. The van der Waals surface area contributed by atoms with Gasteiger partial charge in [-0.2, -0.15) is 0 Å². The molecule has 0 bridgehead atoms. The molecule has 2 aliphatic rings. The Labute approximate surface area is 164 Å². The number of esters is 1. The lowest BCUT2D eigenvalue weighted by Gasteiger charge is -2.34. The summed E-state index contributed by atoms with van der Waals surface area (Å²) >= 11 is 0. The predicted molar refractivity (Wildman–Crippen MR) is 104 cm³/mol. The van der Waals surface area contributed by atoms with Gasteiger partial charge in [-0.1, -0.05) is 26.7 Å². The lowest BCUT2D eigenvalue weighted by atomic mass is 9.78. The number of benzene rings is 1. The second kappa shape index (κ2) is 8.58. The highest BCUT2D eigenvalue weighted by Crippen LogP contribution is 2.32. The van der Waals surface area contributed by atoms with E-state index >= 15 is 0 Å². The molecule has 1 amide bonds. The monoisotopic (exact) mass is 389 g/mol. The van der Waals surface area contributed by atoms with Crippen LogP contribution >= 0.6 is 0 Å². The molecule has 152 valence electrons. The highest BCUT2D eigenvalue weighted by Gasteiger charge is 2.29. The highest BCUT2D eigenvalue weighted by molar-refractivity contribution is 5.93. The zero-order valence-corrected chi connectivity index (χ0v) is 16.3. The minimum atomic E-state index is -0.749. The van der Waals surface area contributed by atoms with Gasteiger partial charge in [0.25, 0.3) is 11.6 Å². The summed E-state index contributed by atoms with van der Waals surface area (Å²) in [5.41, 5.74) is 0.276. The summed E-state index contributed by atoms with van der Waals surface area (Å²) in [5.74, 6) is -0.172. The van der Waals surface area contributed by atoms with Gasteiger partial charge >= 0.3 is 5.97 Å². The molecule has 28 heavy (non-hydrogen) atoms. The zero-order chi connectivity index (χ0) is 20.3. The smallest absolute Gasteiger partial charge is 0.338 e. The Balaban J connectivity index is 1.56. The van der Waals surface area contributed by atoms with Crippen molar-refractivity contribution in [3.63, 3.8) is 0 Å². The number of rotatable bonds is 7. The van der Waals surface area contributed by atoms with Crippen molar-refractivity contribution < 1.29 is 19.2 Å². The van der Waals surface area contributed by atoms with E-state index in [1.165, 1.54) is 18.2 Å². The summed E-state index contributed by atoms with van der Waals surface area (Å²) in [6.45, 7) is 3.90. The standard InChI is InChI=1S/C20H27N3O5/c1-12-4-3-5-16(13(12)2)22-19(24)11-28-20(25)14-6-9-17(21-15-7-8-15)18(10-14)23(26)27/h6,9-10,12-13,15-16,21H,3-5,7-8,11H2,1-2H3,(H,22,24)/t12-,13-,16-/m1/s1. The first kappa shape index (κ1) is 20.1. The second-order valence-corrected chi connectivity index (χ2v) is 7.93. The summed E-state index contributed by atoms with van der Waals surface area (Å²) in [5, 5.41) is 17.3. The number of nitrogens with zero attached hydrogens (tertiary/aromatic N) is 1. The van der Waals surface area contributed by atoms with Gasteiger partial charge in [0.1, 0.15) is 5.69 Å². The van der Waals surface area contributed by atoms with Crippen molar-refractivity contribution in [2.45, 2.75) is 58.0 Å². The lowest BCUT2D eigenvalue weighted by Crippen LogP contribution is -2.45. The van der Waals surface area contributed by atoms with Gasteiger partial charge in [-0.3, -0.25) is 14.9 Å². The zero-order valence-electron chi connectivity index (χ0n) is 16.3. The molecule has 3 rings (SSSR count). The van der Waals surface area contributed by atoms with Crippen LogP contribution in [-0.4, -0.2) is 35.5 Å². The van der Waals surface area contributed by atoms with Crippen molar-refractivity contribution in [1.29, 1.82) is 0 Å². The third-order valence-electron chi connectivity index (χ3n) is 5.75. The summed E-state index contributed by atoms with van der Waals surface area (Å²) < 4.78 is 5.07. The van der Waals surface area contributed by atoms with Gasteiger partial charge in [0.15, 0.2) is 6.61 Å². The first-order chi connectivity index (χ1) is 13.3. The van der Waals surface area contributed by atoms with Crippen LogP contribution in [0.15, 0.2) is 18.2 Å². The fraction of sp³-hybridized carbons (Fsp3) is 0.600. The van der Waals surface area contributed by atoms with Crippen LogP contribution in [0.1, 0.15) is 56.3 Å². The Bertz CT molecular complexity index is 762. The average Bonchev–Trinajstić information content (AvgIpc) is 3.47. The Morgan fingerprint density at radius 1 is 1.21 bits per heavy atom. The Hall–Kier alpha value is -2.64. The van der Waals surface area contributed by atoms with E-state index in [0.29, 0.717) is 17.5 Å². The van der Waals surface area contributed by atoms with Gasteiger partial charge in [-0.15, -0.1) is 0 Å². The van der Waals surface area contributed by atoms with Gasteiger partial charge in [0.2, 0.25) is 0 Å². The predicted octanol–water partition coefficient (Wildman–Crippen LogP) is 3.27. The Kier molecular flexibility index (Phi) is 6.16. The molecule has 2 saturated carbocycles. The topological polar surface area (TPSA) is 111 Å². The molecule has 2 aliphatic carbocycles. The van der Waals surface area contributed by atoms with Gasteiger partial charge < -0.3 is 15.4 Å². The molecule has 0 spiro atoms. The largest absolute Gasteiger partial charge is 0.452 e. The fourth-order valence-corrected chi connectivity index (χ4v) is 3.63. The van der Waals surface area contributed by atoms with Gasteiger partial charge in [-0.05, 0) is 43.2 Å². The number of carbonyl (C=O) groups is 2. The minimum absolute atomic E-state index is 0.0560. The van der Waals surface area contributed by atoms with Gasteiger partial charge in [-0.25, -0.2) is 4.79 Å². The van der Waals surface area contributed by atoms with Crippen molar-refractivity contribution in [2.75, 3.05) is 11.9 Å². The SMILES string of the molecule is C[C@@H]1[C@H](C)CCC[C@H]1NC(=O)COC(=O)c1ccc(NC2CC2)c([N+](=O)[O-])c1. The van der Waals surface area contributed by atoms with E-state index in [0.717, 1.165) is 32.1 Å². The van der Waals surface area contributed by atoms with Crippen molar-refractivity contribution in [1.82, 2.24) is 5.32 Å². The molecular weight excluding hydrogens is 362 g/mol. The van der Waals surface area contributed by atoms with Crippen molar-refractivity contribution in [2.24, 2.45) is 11.8 Å². The number of nitrogens with one attached hydrogen (secondary N) is 2. The molecule has 8 nitrogen and oxygen atoms in total. The number of amides is 1. The summed E-state index contributed by atoms with van der Waals surface area (Å²) in [6, 6.07) is 4.52. The van der Waals surface area contributed by atoms with E-state index in [2.05, 4.69) is 24.5 Å². The molecule has 0 unspecified atom stereocenters.